The van der Waals surface area contributed by atoms with Gasteiger partial charge in [0.2, 0.25) is 5.82 Å². The molecule has 2 N–H and O–H groups in total. The number of aromatic nitrogens is 2. The van der Waals surface area contributed by atoms with Crippen LogP contribution in [0.5, 0.6) is 0 Å². The third kappa shape index (κ3) is 3.08. The molecule has 1 atom stereocenters. The van der Waals surface area contributed by atoms with E-state index in [9.17, 15) is 4.79 Å². The zero-order valence-electron chi connectivity index (χ0n) is 12.4. The Bertz CT molecular complexity index is 498. The molecule has 0 amide bonds. The van der Waals surface area contributed by atoms with E-state index < -0.39 is 5.97 Å². The van der Waals surface area contributed by atoms with Crippen LogP contribution in [0.4, 0.5) is 5.82 Å². The smallest absolute Gasteiger partial charge is 0.374 e. The average molecular weight is 277 g/mol. The molecule has 0 spiro atoms. The lowest BCUT2D eigenvalue weighted by molar-refractivity contribution is 0.0683. The zero-order chi connectivity index (χ0) is 14.7. The standard InChI is InChI=1S/C15H23N3O2/c1-4-6-12(11-7-5-8-11)17-13-9(2)10(3)16-14(18-13)15(19)20/h11-12H,4-8H2,1-3H3,(H,19,20)(H,16,17,18)/t12-/m1/s1. The third-order valence-corrected chi connectivity index (χ3v) is 4.22. The fourth-order valence-electron chi connectivity index (χ4n) is 2.62. The van der Waals surface area contributed by atoms with Crippen molar-refractivity contribution >= 4 is 11.8 Å². The Balaban J connectivity index is 2.23. The highest BCUT2D eigenvalue weighted by Gasteiger charge is 2.27. The summed E-state index contributed by atoms with van der Waals surface area (Å²) in [6, 6.07) is 0.392. The van der Waals surface area contributed by atoms with Crippen molar-refractivity contribution in [2.24, 2.45) is 5.92 Å². The number of hydrogen-bond acceptors (Lipinski definition) is 4. The lowest BCUT2D eigenvalue weighted by Gasteiger charge is -2.35. The molecule has 1 fully saturated rings. The Kier molecular flexibility index (Phi) is 4.57. The van der Waals surface area contributed by atoms with Gasteiger partial charge in [0.15, 0.2) is 0 Å². The quantitative estimate of drug-likeness (QED) is 0.835. The number of aromatic carboxylic acids is 1. The first-order chi connectivity index (χ1) is 9.52. The summed E-state index contributed by atoms with van der Waals surface area (Å²) in [7, 11) is 0. The Labute approximate surface area is 119 Å². The van der Waals surface area contributed by atoms with Crippen LogP contribution in [0.15, 0.2) is 0 Å². The first kappa shape index (κ1) is 14.8. The van der Waals surface area contributed by atoms with Gasteiger partial charge in [-0.05, 0) is 39.0 Å². The molecule has 0 radical (unpaired) electrons. The molecule has 1 aromatic rings. The molecular weight excluding hydrogens is 254 g/mol. The van der Waals surface area contributed by atoms with E-state index in [-0.39, 0.29) is 5.82 Å². The van der Waals surface area contributed by atoms with E-state index in [2.05, 4.69) is 22.2 Å². The van der Waals surface area contributed by atoms with E-state index in [0.29, 0.717) is 17.8 Å². The fourth-order valence-corrected chi connectivity index (χ4v) is 2.62. The minimum Gasteiger partial charge on any atom is -0.475 e. The first-order valence-electron chi connectivity index (χ1n) is 7.38. The van der Waals surface area contributed by atoms with Crippen molar-refractivity contribution in [3.63, 3.8) is 0 Å². The average Bonchev–Trinajstić information content (AvgIpc) is 2.32. The summed E-state index contributed by atoms with van der Waals surface area (Å²) in [5.41, 5.74) is 1.67. The summed E-state index contributed by atoms with van der Waals surface area (Å²) >= 11 is 0. The van der Waals surface area contributed by atoms with E-state index in [1.165, 1.54) is 19.3 Å². The second-order valence-corrected chi connectivity index (χ2v) is 5.64. The van der Waals surface area contributed by atoms with Crippen LogP contribution in [-0.2, 0) is 0 Å². The summed E-state index contributed by atoms with van der Waals surface area (Å²) < 4.78 is 0. The number of rotatable bonds is 6. The van der Waals surface area contributed by atoms with Crippen LogP contribution in [-0.4, -0.2) is 27.1 Å². The second kappa shape index (κ2) is 6.20. The highest BCUT2D eigenvalue weighted by atomic mass is 16.4. The maximum atomic E-state index is 11.1. The number of aryl methyl sites for hydroxylation is 1. The van der Waals surface area contributed by atoms with E-state index >= 15 is 0 Å². The summed E-state index contributed by atoms with van der Waals surface area (Å²) in [6.07, 6.45) is 6.02. The maximum absolute atomic E-state index is 11.1. The van der Waals surface area contributed by atoms with Crippen molar-refractivity contribution in [1.82, 2.24) is 9.97 Å². The monoisotopic (exact) mass is 277 g/mol. The fraction of sp³-hybridized carbons (Fsp3) is 0.667. The highest BCUT2D eigenvalue weighted by Crippen LogP contribution is 2.33. The summed E-state index contributed by atoms with van der Waals surface area (Å²) in [5, 5.41) is 12.5. The van der Waals surface area contributed by atoms with Gasteiger partial charge >= 0.3 is 5.97 Å². The number of hydrogen-bond donors (Lipinski definition) is 2. The van der Waals surface area contributed by atoms with Crippen LogP contribution >= 0.6 is 0 Å². The van der Waals surface area contributed by atoms with Crippen LogP contribution in [0.3, 0.4) is 0 Å². The molecule has 0 bridgehead atoms. The third-order valence-electron chi connectivity index (χ3n) is 4.22. The van der Waals surface area contributed by atoms with Crippen molar-refractivity contribution in [3.8, 4) is 0 Å². The molecule has 0 saturated heterocycles. The minimum absolute atomic E-state index is 0.126. The van der Waals surface area contributed by atoms with E-state index in [1.54, 1.807) is 0 Å². The Morgan fingerprint density at radius 1 is 1.40 bits per heavy atom. The topological polar surface area (TPSA) is 75.1 Å². The lowest BCUT2D eigenvalue weighted by Crippen LogP contribution is -2.34. The van der Waals surface area contributed by atoms with Gasteiger partial charge in [-0.15, -0.1) is 0 Å². The van der Waals surface area contributed by atoms with Gasteiger partial charge < -0.3 is 10.4 Å². The van der Waals surface area contributed by atoms with Gasteiger partial charge in [-0.1, -0.05) is 19.8 Å². The van der Waals surface area contributed by atoms with Crippen LogP contribution in [0.25, 0.3) is 0 Å². The van der Waals surface area contributed by atoms with E-state index in [1.807, 2.05) is 13.8 Å². The summed E-state index contributed by atoms with van der Waals surface area (Å²) in [5.74, 6) is 0.171. The SMILES string of the molecule is CCC[C@@H](Nc1nc(C(=O)O)nc(C)c1C)C1CCC1. The minimum atomic E-state index is -1.08. The van der Waals surface area contributed by atoms with Gasteiger partial charge in [0, 0.05) is 17.3 Å². The van der Waals surface area contributed by atoms with Gasteiger partial charge in [-0.3, -0.25) is 0 Å². The summed E-state index contributed by atoms with van der Waals surface area (Å²) in [6.45, 7) is 5.94. The normalized spacial score (nSPS) is 16.6. The van der Waals surface area contributed by atoms with E-state index in [4.69, 9.17) is 5.11 Å². The molecule has 20 heavy (non-hydrogen) atoms. The van der Waals surface area contributed by atoms with Crippen molar-refractivity contribution in [1.29, 1.82) is 0 Å². The summed E-state index contributed by atoms with van der Waals surface area (Å²) in [4.78, 5) is 19.3. The maximum Gasteiger partial charge on any atom is 0.374 e. The lowest BCUT2D eigenvalue weighted by atomic mass is 9.78. The number of anilines is 1. The van der Waals surface area contributed by atoms with Crippen LogP contribution in [0.2, 0.25) is 0 Å². The number of carboxylic acids is 1. The van der Waals surface area contributed by atoms with Crippen LogP contribution in [0, 0.1) is 19.8 Å². The molecular formula is C15H23N3O2. The van der Waals surface area contributed by atoms with Crippen molar-refractivity contribution in [2.45, 2.75) is 58.9 Å². The largest absolute Gasteiger partial charge is 0.475 e. The molecule has 1 aromatic heterocycles. The van der Waals surface area contributed by atoms with Gasteiger partial charge in [-0.2, -0.15) is 0 Å². The second-order valence-electron chi connectivity index (χ2n) is 5.64. The van der Waals surface area contributed by atoms with Crippen molar-refractivity contribution in [2.75, 3.05) is 5.32 Å². The van der Waals surface area contributed by atoms with Crippen molar-refractivity contribution in [3.05, 3.63) is 17.1 Å². The van der Waals surface area contributed by atoms with Gasteiger partial charge in [0.1, 0.15) is 5.82 Å². The van der Waals surface area contributed by atoms with Crippen LogP contribution < -0.4 is 5.32 Å². The first-order valence-corrected chi connectivity index (χ1v) is 7.38. The number of nitrogens with one attached hydrogen (secondary N) is 1. The molecule has 0 aromatic carbocycles. The molecule has 1 aliphatic rings. The van der Waals surface area contributed by atoms with Gasteiger partial charge in [0.25, 0.3) is 0 Å². The zero-order valence-corrected chi connectivity index (χ0v) is 12.4. The molecule has 1 aliphatic carbocycles. The molecule has 5 heteroatoms. The molecule has 0 aliphatic heterocycles. The molecule has 1 saturated carbocycles. The Hall–Kier alpha value is -1.65. The molecule has 110 valence electrons. The molecule has 5 nitrogen and oxygen atoms in total. The number of nitrogens with zero attached hydrogens (tertiary/aromatic N) is 2. The van der Waals surface area contributed by atoms with Crippen LogP contribution in [0.1, 0.15) is 60.9 Å². The molecule has 0 unspecified atom stereocenters. The Morgan fingerprint density at radius 3 is 2.60 bits per heavy atom. The number of carboxylic acid groups (broad SMARTS) is 1. The van der Waals surface area contributed by atoms with E-state index in [0.717, 1.165) is 24.1 Å². The highest BCUT2D eigenvalue weighted by molar-refractivity contribution is 5.83. The van der Waals surface area contributed by atoms with Gasteiger partial charge in [-0.25, -0.2) is 14.8 Å². The predicted molar refractivity (Wildman–Crippen MR) is 78.1 cm³/mol. The number of carbonyl (C=O) groups is 1. The molecule has 1 heterocycles. The molecule has 2 rings (SSSR count). The van der Waals surface area contributed by atoms with Crippen molar-refractivity contribution < 1.29 is 9.90 Å². The Morgan fingerprint density at radius 2 is 2.10 bits per heavy atom. The predicted octanol–water partition coefficient (Wildman–Crippen LogP) is 3.17. The van der Waals surface area contributed by atoms with Gasteiger partial charge in [0.05, 0.1) is 0 Å².